The molecule has 2 rings (SSSR count). The zero-order valence-corrected chi connectivity index (χ0v) is 7.18. The van der Waals surface area contributed by atoms with Gasteiger partial charge < -0.3 is 10.3 Å². The van der Waals surface area contributed by atoms with Gasteiger partial charge >= 0.3 is 0 Å². The highest BCUT2D eigenvalue weighted by Gasteiger charge is 2.12. The summed E-state index contributed by atoms with van der Waals surface area (Å²) in [6.45, 7) is 0. The average molecular weight is 189 g/mol. The Labute approximate surface area is 79.6 Å². The Balaban J connectivity index is 2.93. The van der Waals surface area contributed by atoms with Gasteiger partial charge in [0.25, 0.3) is 11.2 Å². The summed E-state index contributed by atoms with van der Waals surface area (Å²) in [7, 11) is 0. The van der Waals surface area contributed by atoms with E-state index in [1.165, 1.54) is 12.1 Å². The van der Waals surface area contributed by atoms with E-state index < -0.39 is 0 Å². The molecule has 0 radical (unpaired) electrons. The quantitative estimate of drug-likeness (QED) is 0.413. The molecule has 1 aromatic carbocycles. The maximum absolute atomic E-state index is 11.5. The van der Waals surface area contributed by atoms with Crippen molar-refractivity contribution in [2.45, 2.75) is 0 Å². The van der Waals surface area contributed by atoms with E-state index in [2.05, 4.69) is 0 Å². The molecule has 4 heteroatoms. The van der Waals surface area contributed by atoms with Gasteiger partial charge in [0, 0.05) is 6.07 Å². The van der Waals surface area contributed by atoms with Gasteiger partial charge in [-0.15, -0.1) is 0 Å². The Bertz CT molecular complexity index is 508. The van der Waals surface area contributed by atoms with Gasteiger partial charge in [0.15, 0.2) is 5.75 Å². The lowest BCUT2D eigenvalue weighted by Crippen LogP contribution is -2.32. The Morgan fingerprint density at radius 1 is 1.29 bits per heavy atom. The number of aromatic nitrogens is 1. The van der Waals surface area contributed by atoms with Gasteiger partial charge in [-0.25, -0.2) is 0 Å². The third kappa shape index (κ3) is 1.08. The summed E-state index contributed by atoms with van der Waals surface area (Å²) in [5.74, 6) is -0.124. The lowest BCUT2D eigenvalue weighted by Gasteiger charge is -2.04. The molecule has 0 aliphatic carbocycles. The number of nitrogens with zero attached hydrogens (tertiary/aromatic N) is 1. The van der Waals surface area contributed by atoms with Gasteiger partial charge in [-0.05, 0) is 18.2 Å². The molecule has 2 aromatic rings. The maximum atomic E-state index is 11.5. The Morgan fingerprint density at radius 3 is 2.79 bits per heavy atom. The number of rotatable bonds is 1. The summed E-state index contributed by atoms with van der Waals surface area (Å²) in [4.78, 5) is 10.5. The normalized spacial score (nSPS) is 10.3. The molecular weight excluding hydrogens is 182 g/mol. The van der Waals surface area contributed by atoms with Crippen molar-refractivity contribution in [1.82, 2.24) is 0 Å². The molecule has 70 valence electrons. The van der Waals surface area contributed by atoms with E-state index in [0.717, 1.165) is 0 Å². The van der Waals surface area contributed by atoms with Crippen LogP contribution in [0, 0.1) is 5.21 Å². The van der Waals surface area contributed by atoms with Crippen LogP contribution in [0.1, 0.15) is 10.5 Å². The van der Waals surface area contributed by atoms with Crippen molar-refractivity contribution in [3.8, 4) is 5.75 Å². The molecule has 0 fully saturated rings. The van der Waals surface area contributed by atoms with Crippen LogP contribution < -0.4 is 4.73 Å². The molecule has 0 saturated carbocycles. The van der Waals surface area contributed by atoms with Crippen LogP contribution in [0.25, 0.3) is 10.9 Å². The molecule has 0 amide bonds. The van der Waals surface area contributed by atoms with Crippen LogP contribution in [0.5, 0.6) is 5.75 Å². The van der Waals surface area contributed by atoms with Crippen LogP contribution in [0.3, 0.4) is 0 Å². The largest absolute Gasteiger partial charge is 0.618 e. The smallest absolute Gasteiger partial charge is 0.266 e. The van der Waals surface area contributed by atoms with Crippen molar-refractivity contribution in [3.05, 3.63) is 41.2 Å². The van der Waals surface area contributed by atoms with Crippen molar-refractivity contribution < 1.29 is 14.6 Å². The number of aldehydes is 1. The van der Waals surface area contributed by atoms with Crippen molar-refractivity contribution in [2.24, 2.45) is 0 Å². The van der Waals surface area contributed by atoms with Crippen molar-refractivity contribution >= 4 is 17.2 Å². The van der Waals surface area contributed by atoms with Crippen molar-refractivity contribution in [1.29, 1.82) is 0 Å². The van der Waals surface area contributed by atoms with Gasteiger partial charge in [-0.3, -0.25) is 4.79 Å². The number of phenolic OH excluding ortho intramolecular Hbond substituents is 1. The molecule has 0 bridgehead atoms. The second-order valence-corrected chi connectivity index (χ2v) is 2.89. The zero-order valence-electron chi connectivity index (χ0n) is 7.18. The molecule has 0 unspecified atom stereocenters. The molecule has 1 N–H and O–H groups in total. The number of carbonyl (C=O) groups excluding carboxylic acids is 1. The standard InChI is InChI=1S/C10H7NO3/c12-6-8-5-4-7-2-1-3-9(13)10(7)11(8)14/h1-6,13H. The SMILES string of the molecule is O=Cc1ccc2cccc(O)c2[n+]1[O-]. The minimum absolute atomic E-state index is 0.0148. The summed E-state index contributed by atoms with van der Waals surface area (Å²) in [6.07, 6.45) is 0.457. The number of fused-ring (bicyclic) bond motifs is 1. The summed E-state index contributed by atoms with van der Waals surface area (Å²) in [6, 6.07) is 7.77. The summed E-state index contributed by atoms with van der Waals surface area (Å²) < 4.78 is 0.428. The first-order valence-electron chi connectivity index (χ1n) is 4.03. The van der Waals surface area contributed by atoms with Crippen LogP contribution >= 0.6 is 0 Å². The van der Waals surface area contributed by atoms with Gasteiger partial charge in [0.05, 0.1) is 5.39 Å². The number of phenols is 1. The molecule has 4 nitrogen and oxygen atoms in total. The Morgan fingerprint density at radius 2 is 2.07 bits per heavy atom. The number of benzene rings is 1. The van der Waals surface area contributed by atoms with Gasteiger partial charge in [-0.2, -0.15) is 4.73 Å². The van der Waals surface area contributed by atoms with E-state index in [4.69, 9.17) is 0 Å². The molecule has 0 aliphatic rings. The second-order valence-electron chi connectivity index (χ2n) is 2.89. The van der Waals surface area contributed by atoms with Gasteiger partial charge in [-0.1, -0.05) is 6.07 Å². The van der Waals surface area contributed by atoms with E-state index in [0.29, 0.717) is 16.4 Å². The number of carbonyl (C=O) groups is 1. The van der Waals surface area contributed by atoms with E-state index in [1.54, 1.807) is 18.2 Å². The number of hydrogen-bond donors (Lipinski definition) is 1. The monoisotopic (exact) mass is 189 g/mol. The molecule has 0 atom stereocenters. The number of hydrogen-bond acceptors (Lipinski definition) is 3. The van der Waals surface area contributed by atoms with E-state index in [1.807, 2.05) is 0 Å². The maximum Gasteiger partial charge on any atom is 0.266 e. The average Bonchev–Trinajstić information content (AvgIpc) is 2.18. The number of pyridine rings is 1. The molecule has 0 aliphatic heterocycles. The molecule has 0 saturated heterocycles. The van der Waals surface area contributed by atoms with Crippen LogP contribution in [-0.4, -0.2) is 11.4 Å². The zero-order chi connectivity index (χ0) is 10.1. The number of aromatic hydroxyl groups is 1. The summed E-state index contributed by atoms with van der Waals surface area (Å²) >= 11 is 0. The van der Waals surface area contributed by atoms with Crippen LogP contribution in [0.4, 0.5) is 0 Å². The lowest BCUT2D eigenvalue weighted by atomic mass is 10.2. The number of para-hydroxylation sites is 1. The first-order chi connectivity index (χ1) is 6.74. The third-order valence-corrected chi connectivity index (χ3v) is 2.04. The van der Waals surface area contributed by atoms with E-state index in [-0.39, 0.29) is 17.0 Å². The highest BCUT2D eigenvalue weighted by Crippen LogP contribution is 2.20. The van der Waals surface area contributed by atoms with Gasteiger partial charge in [0.1, 0.15) is 0 Å². The molecule has 1 aromatic heterocycles. The predicted octanol–water partition coefficient (Wildman–Crippen LogP) is 0.991. The van der Waals surface area contributed by atoms with Crippen molar-refractivity contribution in [2.75, 3.05) is 0 Å². The minimum Gasteiger partial charge on any atom is -0.618 e. The Kier molecular flexibility index (Phi) is 1.81. The molecular formula is C10H7NO3. The lowest BCUT2D eigenvalue weighted by molar-refractivity contribution is -0.579. The fourth-order valence-electron chi connectivity index (χ4n) is 1.36. The van der Waals surface area contributed by atoms with Crippen molar-refractivity contribution in [3.63, 3.8) is 0 Å². The molecule has 0 spiro atoms. The second kappa shape index (κ2) is 2.99. The molecule has 1 heterocycles. The highest BCUT2D eigenvalue weighted by molar-refractivity contribution is 5.83. The van der Waals surface area contributed by atoms with E-state index >= 15 is 0 Å². The van der Waals surface area contributed by atoms with Crippen LogP contribution in [-0.2, 0) is 0 Å². The van der Waals surface area contributed by atoms with E-state index in [9.17, 15) is 15.1 Å². The molecule has 14 heavy (non-hydrogen) atoms. The fourth-order valence-corrected chi connectivity index (χ4v) is 1.36. The van der Waals surface area contributed by atoms with Gasteiger partial charge in [0.2, 0.25) is 6.29 Å². The third-order valence-electron chi connectivity index (χ3n) is 2.04. The first kappa shape index (κ1) is 8.50. The summed E-state index contributed by atoms with van der Waals surface area (Å²) in [5.41, 5.74) is 0.108. The summed E-state index contributed by atoms with van der Waals surface area (Å²) in [5, 5.41) is 21.5. The highest BCUT2D eigenvalue weighted by atomic mass is 16.5. The fraction of sp³-hybridized carbons (Fsp3) is 0. The van der Waals surface area contributed by atoms with Crippen LogP contribution in [0.15, 0.2) is 30.3 Å². The predicted molar refractivity (Wildman–Crippen MR) is 50.0 cm³/mol. The Hall–Kier alpha value is -2.10. The van der Waals surface area contributed by atoms with Crippen LogP contribution in [0.2, 0.25) is 0 Å². The topological polar surface area (TPSA) is 64.2 Å². The minimum atomic E-state index is -0.124. The first-order valence-corrected chi connectivity index (χ1v) is 4.03.